The third kappa shape index (κ3) is 2.42. The van der Waals surface area contributed by atoms with Crippen molar-refractivity contribution in [3.8, 4) is 0 Å². The highest BCUT2D eigenvalue weighted by Gasteiger charge is 2.08. The molecule has 23 heavy (non-hydrogen) atoms. The van der Waals surface area contributed by atoms with Gasteiger partial charge in [0.25, 0.3) is 0 Å². The summed E-state index contributed by atoms with van der Waals surface area (Å²) in [6.45, 7) is 4.16. The Bertz CT molecular complexity index is 1020. The van der Waals surface area contributed by atoms with Crippen LogP contribution in [-0.4, -0.2) is 4.98 Å². The van der Waals surface area contributed by atoms with E-state index in [-0.39, 0.29) is 0 Å². The molecule has 1 N–H and O–H groups in total. The van der Waals surface area contributed by atoms with Crippen LogP contribution in [0.1, 0.15) is 11.3 Å². The monoisotopic (exact) mass is 298 g/mol. The van der Waals surface area contributed by atoms with Crippen molar-refractivity contribution in [1.82, 2.24) is 4.98 Å². The molecule has 0 saturated heterocycles. The molecule has 0 bridgehead atoms. The van der Waals surface area contributed by atoms with Crippen LogP contribution >= 0.6 is 0 Å². The SMILES string of the molecule is Cc1cc(Nc2ccccc2C)c2ccc3ccccc3c2n1. The summed E-state index contributed by atoms with van der Waals surface area (Å²) in [5.41, 5.74) is 5.54. The predicted molar refractivity (Wildman–Crippen MR) is 98.4 cm³/mol. The lowest BCUT2D eigenvalue weighted by Crippen LogP contribution is -1.96. The molecular weight excluding hydrogens is 280 g/mol. The number of benzene rings is 3. The first kappa shape index (κ1) is 13.8. The lowest BCUT2D eigenvalue weighted by molar-refractivity contribution is 1.26. The fraction of sp³-hybridized carbons (Fsp3) is 0.0952. The highest BCUT2D eigenvalue weighted by Crippen LogP contribution is 2.32. The molecule has 0 spiro atoms. The first-order chi connectivity index (χ1) is 11.2. The van der Waals surface area contributed by atoms with E-state index < -0.39 is 0 Å². The molecule has 112 valence electrons. The molecule has 0 radical (unpaired) electrons. The van der Waals surface area contributed by atoms with Gasteiger partial charge < -0.3 is 5.32 Å². The number of para-hydroxylation sites is 1. The van der Waals surface area contributed by atoms with Gasteiger partial charge in [-0.15, -0.1) is 0 Å². The van der Waals surface area contributed by atoms with Crippen LogP contribution in [0, 0.1) is 13.8 Å². The summed E-state index contributed by atoms with van der Waals surface area (Å²) in [4.78, 5) is 4.79. The summed E-state index contributed by atoms with van der Waals surface area (Å²) < 4.78 is 0. The maximum Gasteiger partial charge on any atom is 0.0804 e. The maximum absolute atomic E-state index is 4.79. The average molecular weight is 298 g/mol. The number of fused-ring (bicyclic) bond motifs is 3. The van der Waals surface area contributed by atoms with E-state index >= 15 is 0 Å². The second kappa shape index (κ2) is 5.40. The van der Waals surface area contributed by atoms with E-state index in [2.05, 4.69) is 79.0 Å². The van der Waals surface area contributed by atoms with Gasteiger partial charge in [0.2, 0.25) is 0 Å². The van der Waals surface area contributed by atoms with Gasteiger partial charge in [0.05, 0.1) is 5.52 Å². The van der Waals surface area contributed by atoms with Crippen LogP contribution in [0.25, 0.3) is 21.7 Å². The van der Waals surface area contributed by atoms with Crippen LogP contribution in [0.4, 0.5) is 11.4 Å². The molecule has 0 unspecified atom stereocenters. The molecule has 0 atom stereocenters. The van der Waals surface area contributed by atoms with Gasteiger partial charge in [-0.2, -0.15) is 0 Å². The largest absolute Gasteiger partial charge is 0.355 e. The number of aryl methyl sites for hydroxylation is 2. The zero-order chi connectivity index (χ0) is 15.8. The van der Waals surface area contributed by atoms with Crippen LogP contribution < -0.4 is 5.32 Å². The Hall–Kier alpha value is -2.87. The maximum atomic E-state index is 4.79. The Labute approximate surface area is 135 Å². The summed E-state index contributed by atoms with van der Waals surface area (Å²) in [6, 6.07) is 23.2. The van der Waals surface area contributed by atoms with Gasteiger partial charge >= 0.3 is 0 Å². The van der Waals surface area contributed by atoms with E-state index in [1.165, 1.54) is 16.3 Å². The summed E-state index contributed by atoms with van der Waals surface area (Å²) >= 11 is 0. The minimum absolute atomic E-state index is 1.02. The molecule has 4 aromatic rings. The number of hydrogen-bond acceptors (Lipinski definition) is 2. The number of aromatic nitrogens is 1. The van der Waals surface area contributed by atoms with Crippen LogP contribution in [0.3, 0.4) is 0 Å². The van der Waals surface area contributed by atoms with Crippen LogP contribution in [0.5, 0.6) is 0 Å². The molecule has 0 aliphatic heterocycles. The summed E-state index contributed by atoms with van der Waals surface area (Å²) in [6.07, 6.45) is 0. The van der Waals surface area contributed by atoms with Gasteiger partial charge in [-0.05, 0) is 36.9 Å². The van der Waals surface area contributed by atoms with Gasteiger partial charge in [-0.3, -0.25) is 4.98 Å². The van der Waals surface area contributed by atoms with Gasteiger partial charge in [0.15, 0.2) is 0 Å². The number of anilines is 2. The molecule has 4 rings (SSSR count). The molecule has 0 amide bonds. The minimum Gasteiger partial charge on any atom is -0.355 e. The molecule has 1 heterocycles. The number of hydrogen-bond donors (Lipinski definition) is 1. The zero-order valence-corrected chi connectivity index (χ0v) is 13.3. The molecule has 3 aromatic carbocycles. The molecule has 0 aliphatic rings. The molecule has 1 aromatic heterocycles. The van der Waals surface area contributed by atoms with Crippen LogP contribution in [0.15, 0.2) is 66.7 Å². The average Bonchev–Trinajstić information content (AvgIpc) is 2.56. The normalized spacial score (nSPS) is 11.0. The highest BCUT2D eigenvalue weighted by atomic mass is 14.9. The first-order valence-corrected chi connectivity index (χ1v) is 7.84. The molecule has 2 heteroatoms. The Morgan fingerprint density at radius 1 is 0.739 bits per heavy atom. The van der Waals surface area contributed by atoms with Crippen molar-refractivity contribution in [2.24, 2.45) is 0 Å². The van der Waals surface area contributed by atoms with Crippen molar-refractivity contribution in [3.63, 3.8) is 0 Å². The molecule has 0 aliphatic carbocycles. The topological polar surface area (TPSA) is 24.9 Å². The number of pyridine rings is 1. The van der Waals surface area contributed by atoms with E-state index in [4.69, 9.17) is 4.98 Å². The van der Waals surface area contributed by atoms with Crippen molar-refractivity contribution in [3.05, 3.63) is 78.0 Å². The fourth-order valence-corrected chi connectivity index (χ4v) is 3.05. The lowest BCUT2D eigenvalue weighted by Gasteiger charge is -2.14. The van der Waals surface area contributed by atoms with E-state index in [1.807, 2.05) is 6.92 Å². The van der Waals surface area contributed by atoms with Gasteiger partial charge in [-0.25, -0.2) is 0 Å². The van der Waals surface area contributed by atoms with Gasteiger partial charge in [0, 0.05) is 27.8 Å². The van der Waals surface area contributed by atoms with Crippen LogP contribution in [-0.2, 0) is 0 Å². The fourth-order valence-electron chi connectivity index (χ4n) is 3.05. The smallest absolute Gasteiger partial charge is 0.0804 e. The third-order valence-electron chi connectivity index (χ3n) is 4.25. The highest BCUT2D eigenvalue weighted by molar-refractivity contribution is 6.09. The lowest BCUT2D eigenvalue weighted by atomic mass is 10.0. The van der Waals surface area contributed by atoms with Gasteiger partial charge in [-0.1, -0.05) is 54.6 Å². The van der Waals surface area contributed by atoms with Gasteiger partial charge in [0.1, 0.15) is 0 Å². The van der Waals surface area contributed by atoms with Crippen molar-refractivity contribution in [2.45, 2.75) is 13.8 Å². The Kier molecular flexibility index (Phi) is 3.23. The van der Waals surface area contributed by atoms with Crippen LogP contribution in [0.2, 0.25) is 0 Å². The van der Waals surface area contributed by atoms with E-state index in [0.717, 1.165) is 28.0 Å². The molecule has 0 saturated carbocycles. The van der Waals surface area contributed by atoms with Crippen molar-refractivity contribution in [2.75, 3.05) is 5.32 Å². The van der Waals surface area contributed by atoms with Crippen molar-refractivity contribution >= 4 is 33.1 Å². The minimum atomic E-state index is 1.02. The summed E-state index contributed by atoms with van der Waals surface area (Å²) in [5, 5.41) is 7.15. The summed E-state index contributed by atoms with van der Waals surface area (Å²) in [7, 11) is 0. The number of rotatable bonds is 2. The van der Waals surface area contributed by atoms with E-state index in [1.54, 1.807) is 0 Å². The second-order valence-electron chi connectivity index (χ2n) is 5.93. The molecule has 2 nitrogen and oxygen atoms in total. The second-order valence-corrected chi connectivity index (χ2v) is 5.93. The Morgan fingerprint density at radius 2 is 1.52 bits per heavy atom. The Morgan fingerprint density at radius 3 is 2.39 bits per heavy atom. The molecular formula is C21H18N2. The van der Waals surface area contributed by atoms with Crippen molar-refractivity contribution < 1.29 is 0 Å². The summed E-state index contributed by atoms with van der Waals surface area (Å²) in [5.74, 6) is 0. The Balaban J connectivity index is 1.96. The number of nitrogens with zero attached hydrogens (tertiary/aromatic N) is 1. The standard InChI is InChI=1S/C21H18N2/c1-14-7-3-6-10-19(14)23-20-13-15(2)22-21-17-9-5-4-8-16(17)11-12-18(20)21/h3-13H,1-2H3,(H,22,23). The third-order valence-corrected chi connectivity index (χ3v) is 4.25. The first-order valence-electron chi connectivity index (χ1n) is 7.84. The predicted octanol–water partition coefficient (Wildman–Crippen LogP) is 5.75. The van der Waals surface area contributed by atoms with E-state index in [0.29, 0.717) is 0 Å². The zero-order valence-electron chi connectivity index (χ0n) is 13.3. The quantitative estimate of drug-likeness (QED) is 0.477. The van der Waals surface area contributed by atoms with Crippen molar-refractivity contribution in [1.29, 1.82) is 0 Å². The number of nitrogens with one attached hydrogen (secondary N) is 1. The van der Waals surface area contributed by atoms with E-state index in [9.17, 15) is 0 Å². The molecule has 0 fully saturated rings.